The molecular formula is C25H21N5OS. The van der Waals surface area contributed by atoms with E-state index < -0.39 is 0 Å². The number of aryl methyl sites for hydroxylation is 2. The summed E-state index contributed by atoms with van der Waals surface area (Å²) < 4.78 is 1.92. The topological polar surface area (TPSA) is 72.2 Å². The zero-order chi connectivity index (χ0) is 22.1. The average Bonchev–Trinajstić information content (AvgIpc) is 3.22. The van der Waals surface area contributed by atoms with Crippen LogP contribution >= 0.6 is 11.8 Å². The number of pyridine rings is 2. The molecule has 158 valence electrons. The second-order valence-corrected chi connectivity index (χ2v) is 8.52. The van der Waals surface area contributed by atoms with Gasteiger partial charge < -0.3 is 5.32 Å². The van der Waals surface area contributed by atoms with Crippen molar-refractivity contribution >= 4 is 40.0 Å². The van der Waals surface area contributed by atoms with E-state index in [1.54, 1.807) is 0 Å². The summed E-state index contributed by atoms with van der Waals surface area (Å²) in [6, 6.07) is 23.8. The number of anilines is 1. The minimum Gasteiger partial charge on any atom is -0.325 e. The number of para-hydroxylation sites is 1. The fourth-order valence-electron chi connectivity index (χ4n) is 3.82. The summed E-state index contributed by atoms with van der Waals surface area (Å²) in [5.41, 5.74) is 6.43. The lowest BCUT2D eigenvalue weighted by Crippen LogP contribution is -2.15. The van der Waals surface area contributed by atoms with Crippen molar-refractivity contribution in [3.8, 4) is 11.1 Å². The number of nitrogens with zero attached hydrogens (tertiary/aromatic N) is 4. The van der Waals surface area contributed by atoms with Gasteiger partial charge in [0.25, 0.3) is 0 Å². The first-order valence-corrected chi connectivity index (χ1v) is 11.3. The molecule has 3 heterocycles. The molecule has 3 aromatic heterocycles. The second kappa shape index (κ2) is 8.43. The number of nitrogens with one attached hydrogen (secondary N) is 1. The van der Waals surface area contributed by atoms with Crippen molar-refractivity contribution in [2.75, 3.05) is 11.1 Å². The van der Waals surface area contributed by atoms with E-state index in [-0.39, 0.29) is 11.7 Å². The van der Waals surface area contributed by atoms with Gasteiger partial charge in [0, 0.05) is 22.3 Å². The maximum Gasteiger partial charge on any atom is 0.234 e. The number of carbonyl (C=O) groups is 1. The van der Waals surface area contributed by atoms with Gasteiger partial charge in [-0.05, 0) is 49.2 Å². The van der Waals surface area contributed by atoms with Crippen LogP contribution in [0.5, 0.6) is 0 Å². The summed E-state index contributed by atoms with van der Waals surface area (Å²) in [6.07, 6.45) is 0. The Morgan fingerprint density at radius 1 is 0.969 bits per heavy atom. The van der Waals surface area contributed by atoms with Gasteiger partial charge in [0.05, 0.1) is 5.75 Å². The number of benzene rings is 2. The van der Waals surface area contributed by atoms with Crippen LogP contribution in [0.2, 0.25) is 0 Å². The summed E-state index contributed by atoms with van der Waals surface area (Å²) in [6.45, 7) is 4.04. The molecule has 0 unspecified atom stereocenters. The van der Waals surface area contributed by atoms with E-state index in [4.69, 9.17) is 4.98 Å². The molecule has 0 aliphatic carbocycles. The van der Waals surface area contributed by atoms with Crippen molar-refractivity contribution in [2.45, 2.75) is 19.0 Å². The molecule has 0 aliphatic rings. The summed E-state index contributed by atoms with van der Waals surface area (Å²) in [7, 11) is 0. The summed E-state index contributed by atoms with van der Waals surface area (Å²) >= 11 is 1.35. The molecule has 0 spiro atoms. The van der Waals surface area contributed by atoms with Crippen molar-refractivity contribution in [2.24, 2.45) is 0 Å². The third-order valence-corrected chi connectivity index (χ3v) is 6.19. The zero-order valence-electron chi connectivity index (χ0n) is 17.7. The van der Waals surface area contributed by atoms with Crippen LogP contribution in [-0.2, 0) is 4.79 Å². The fourth-order valence-corrected chi connectivity index (χ4v) is 4.56. The van der Waals surface area contributed by atoms with Gasteiger partial charge in [0.15, 0.2) is 10.8 Å². The minimum atomic E-state index is -0.101. The van der Waals surface area contributed by atoms with Gasteiger partial charge in [0.2, 0.25) is 5.91 Å². The molecule has 6 nitrogen and oxygen atoms in total. The number of aromatic nitrogens is 4. The predicted octanol–water partition coefficient (Wildman–Crippen LogP) is 5.29. The Labute approximate surface area is 189 Å². The first kappa shape index (κ1) is 20.2. The van der Waals surface area contributed by atoms with E-state index in [1.165, 1.54) is 11.8 Å². The lowest BCUT2D eigenvalue weighted by Gasteiger charge is -2.11. The van der Waals surface area contributed by atoms with Crippen molar-refractivity contribution < 1.29 is 4.79 Å². The van der Waals surface area contributed by atoms with Crippen LogP contribution in [0.4, 0.5) is 5.69 Å². The highest BCUT2D eigenvalue weighted by molar-refractivity contribution is 7.99. The van der Waals surface area contributed by atoms with Gasteiger partial charge in [0.1, 0.15) is 5.65 Å². The van der Waals surface area contributed by atoms with E-state index in [0.29, 0.717) is 10.8 Å². The second-order valence-electron chi connectivity index (χ2n) is 7.58. The van der Waals surface area contributed by atoms with Crippen LogP contribution in [-0.4, -0.2) is 31.2 Å². The SMILES string of the molecule is Cc1cc(C)c2ccc3nnc(SCC(=O)Nc4ccccc4-c4ccccc4)n3c2n1. The van der Waals surface area contributed by atoms with E-state index in [0.717, 1.165) is 39.1 Å². The van der Waals surface area contributed by atoms with Crippen LogP contribution in [0.3, 0.4) is 0 Å². The Bertz CT molecular complexity index is 1450. The highest BCUT2D eigenvalue weighted by Gasteiger charge is 2.15. The molecule has 5 aromatic rings. The summed E-state index contributed by atoms with van der Waals surface area (Å²) in [5.74, 6) is 0.112. The normalized spacial score (nSPS) is 11.2. The first-order chi connectivity index (χ1) is 15.6. The molecule has 0 bridgehead atoms. The van der Waals surface area contributed by atoms with Crippen LogP contribution in [0, 0.1) is 13.8 Å². The summed E-state index contributed by atoms with van der Waals surface area (Å²) in [5, 5.41) is 13.3. The molecule has 0 saturated carbocycles. The Morgan fingerprint density at radius 2 is 1.75 bits per heavy atom. The van der Waals surface area contributed by atoms with Crippen molar-refractivity contribution in [1.29, 1.82) is 0 Å². The number of hydrogen-bond donors (Lipinski definition) is 1. The molecule has 2 aromatic carbocycles. The third-order valence-electron chi connectivity index (χ3n) is 5.26. The van der Waals surface area contributed by atoms with Crippen molar-refractivity contribution in [3.05, 3.63) is 84.1 Å². The quantitative estimate of drug-likeness (QED) is 0.377. The summed E-state index contributed by atoms with van der Waals surface area (Å²) in [4.78, 5) is 17.5. The average molecular weight is 440 g/mol. The molecule has 7 heteroatoms. The number of thioether (sulfide) groups is 1. The molecule has 5 rings (SSSR count). The number of rotatable bonds is 5. The third kappa shape index (κ3) is 3.83. The highest BCUT2D eigenvalue weighted by Crippen LogP contribution is 2.28. The number of fused-ring (bicyclic) bond motifs is 3. The fraction of sp³-hybridized carbons (Fsp3) is 0.120. The Kier molecular flexibility index (Phi) is 5.33. The van der Waals surface area contributed by atoms with Crippen LogP contribution in [0.1, 0.15) is 11.3 Å². The number of carbonyl (C=O) groups excluding carboxylic acids is 1. The van der Waals surface area contributed by atoms with Gasteiger partial charge in [-0.1, -0.05) is 60.3 Å². The van der Waals surface area contributed by atoms with Gasteiger partial charge >= 0.3 is 0 Å². The maximum atomic E-state index is 12.8. The molecule has 0 atom stereocenters. The Hall–Kier alpha value is -3.71. The van der Waals surface area contributed by atoms with Crippen LogP contribution in [0.25, 0.3) is 27.8 Å². The molecule has 32 heavy (non-hydrogen) atoms. The van der Waals surface area contributed by atoms with Gasteiger partial charge in [-0.25, -0.2) is 4.98 Å². The molecule has 0 aliphatic heterocycles. The van der Waals surface area contributed by atoms with E-state index in [9.17, 15) is 4.79 Å². The highest BCUT2D eigenvalue weighted by atomic mass is 32.2. The Balaban J connectivity index is 1.39. The van der Waals surface area contributed by atoms with Crippen molar-refractivity contribution in [3.63, 3.8) is 0 Å². The van der Waals surface area contributed by atoms with Gasteiger partial charge in [-0.3, -0.25) is 9.20 Å². The first-order valence-electron chi connectivity index (χ1n) is 10.3. The largest absolute Gasteiger partial charge is 0.325 e. The standard InChI is InChI=1S/C25H21N5OS/c1-16-14-17(2)26-24-19(16)12-13-22-28-29-25(30(22)24)32-15-23(31)27-21-11-7-6-10-20(21)18-8-4-3-5-9-18/h3-14H,15H2,1-2H3,(H,27,31). The molecule has 1 amide bonds. The molecular weight excluding hydrogens is 418 g/mol. The monoisotopic (exact) mass is 439 g/mol. The lowest BCUT2D eigenvalue weighted by atomic mass is 10.0. The van der Waals surface area contributed by atoms with Gasteiger partial charge in [-0.15, -0.1) is 10.2 Å². The van der Waals surface area contributed by atoms with E-state index in [2.05, 4.69) is 28.5 Å². The van der Waals surface area contributed by atoms with Crippen LogP contribution < -0.4 is 5.32 Å². The molecule has 0 saturated heterocycles. The molecule has 0 fully saturated rings. The Morgan fingerprint density at radius 3 is 2.59 bits per heavy atom. The van der Waals surface area contributed by atoms with Crippen LogP contribution in [0.15, 0.2) is 78.0 Å². The smallest absolute Gasteiger partial charge is 0.234 e. The number of hydrogen-bond acceptors (Lipinski definition) is 5. The predicted molar refractivity (Wildman–Crippen MR) is 129 cm³/mol. The maximum absolute atomic E-state index is 12.8. The lowest BCUT2D eigenvalue weighted by molar-refractivity contribution is -0.113. The molecule has 1 N–H and O–H groups in total. The van der Waals surface area contributed by atoms with E-state index in [1.807, 2.05) is 78.1 Å². The number of amides is 1. The van der Waals surface area contributed by atoms with E-state index >= 15 is 0 Å². The van der Waals surface area contributed by atoms with Crippen molar-refractivity contribution in [1.82, 2.24) is 19.6 Å². The van der Waals surface area contributed by atoms with Gasteiger partial charge in [-0.2, -0.15) is 0 Å². The zero-order valence-corrected chi connectivity index (χ0v) is 18.6. The molecule has 0 radical (unpaired) electrons. The minimum absolute atomic E-state index is 0.101.